The van der Waals surface area contributed by atoms with Gasteiger partial charge in [-0.25, -0.2) is 18.3 Å². The third-order valence-corrected chi connectivity index (χ3v) is 10.0. The van der Waals surface area contributed by atoms with Crippen molar-refractivity contribution < 1.29 is 31.9 Å². The second kappa shape index (κ2) is 11.4. The highest BCUT2D eigenvalue weighted by Crippen LogP contribution is 2.34. The Kier molecular flexibility index (Phi) is 8.04. The van der Waals surface area contributed by atoms with Crippen molar-refractivity contribution >= 4 is 38.6 Å². The summed E-state index contributed by atoms with van der Waals surface area (Å²) in [6, 6.07) is 14.7. The molecule has 1 aliphatic heterocycles. The average Bonchev–Trinajstić information content (AvgIpc) is 3.53. The van der Waals surface area contributed by atoms with Crippen LogP contribution in [0.2, 0.25) is 0 Å². The molecule has 0 saturated carbocycles. The number of carbonyl (C=O) groups is 2. The summed E-state index contributed by atoms with van der Waals surface area (Å²) in [6.07, 6.45) is -1.28. The number of nitrogens with zero attached hydrogens (tertiary/aromatic N) is 3. The molecule has 1 unspecified atom stereocenters. The Morgan fingerprint density at radius 1 is 0.976 bits per heavy atom. The number of para-hydroxylation sites is 2. The number of amides is 2. The molecule has 10 nitrogen and oxygen atoms in total. The van der Waals surface area contributed by atoms with Crippen molar-refractivity contribution in [3.05, 3.63) is 76.9 Å². The third kappa shape index (κ3) is 5.13. The Morgan fingerprint density at radius 2 is 1.60 bits per heavy atom. The fourth-order valence-corrected chi connectivity index (χ4v) is 7.48. The monoisotopic (exact) mass is 591 g/mol. The molecule has 1 fully saturated rings. The van der Waals surface area contributed by atoms with Crippen molar-refractivity contribution in [3.63, 3.8) is 0 Å². The van der Waals surface area contributed by atoms with Gasteiger partial charge in [0.15, 0.2) is 11.9 Å². The first-order valence-corrected chi connectivity index (χ1v) is 14.9. The molecule has 1 aliphatic rings. The fourth-order valence-electron chi connectivity index (χ4n) is 5.33. The number of fused-ring (bicyclic) bond motifs is 1. The summed E-state index contributed by atoms with van der Waals surface area (Å²) >= 11 is 0. The van der Waals surface area contributed by atoms with E-state index in [-0.39, 0.29) is 17.9 Å². The molecule has 0 radical (unpaired) electrons. The predicted molar refractivity (Wildman–Crippen MR) is 157 cm³/mol. The second-order valence-electron chi connectivity index (χ2n) is 10.4. The molecule has 0 bridgehead atoms. The van der Waals surface area contributed by atoms with E-state index < -0.39 is 34.2 Å². The van der Waals surface area contributed by atoms with Gasteiger partial charge in [0.05, 0.1) is 23.5 Å². The summed E-state index contributed by atoms with van der Waals surface area (Å²) in [5.41, 5.74) is 5.12. The lowest BCUT2D eigenvalue weighted by atomic mass is 10.0. The molecular weight excluding hydrogens is 558 g/mol. The standard InChI is InChI=1S/C31H33N3O7S/c1-18-15-19(2)21(4)29(20(18)3)42(37,38)33(17-28(39-5)40-6)25-16-27(35)34(31(25)36)23-13-11-22(12-14-23)30-32-24-9-7-8-10-26(24)41-30/h7-15,25,28H,16-17H2,1-6H3. The number of rotatable bonds is 9. The molecule has 1 aromatic heterocycles. The number of ether oxygens (including phenoxy) is 2. The lowest BCUT2D eigenvalue weighted by molar-refractivity contribution is -0.125. The Balaban J connectivity index is 1.50. The van der Waals surface area contributed by atoms with Gasteiger partial charge in [-0.05, 0) is 86.3 Å². The molecule has 0 spiro atoms. The van der Waals surface area contributed by atoms with E-state index in [1.54, 1.807) is 38.1 Å². The summed E-state index contributed by atoms with van der Waals surface area (Å²) < 4.78 is 46.2. The highest BCUT2D eigenvalue weighted by atomic mass is 32.2. The molecule has 5 rings (SSSR count). The number of oxazole rings is 1. The van der Waals surface area contributed by atoms with Crippen LogP contribution in [0.15, 0.2) is 63.9 Å². The van der Waals surface area contributed by atoms with Crippen LogP contribution >= 0.6 is 0 Å². The molecule has 2 heterocycles. The maximum Gasteiger partial charge on any atom is 0.252 e. The van der Waals surface area contributed by atoms with E-state index in [1.165, 1.54) is 14.2 Å². The zero-order valence-electron chi connectivity index (χ0n) is 24.4. The molecule has 1 saturated heterocycles. The SMILES string of the molecule is COC(CN(C1CC(=O)N(c2ccc(-c3nc4ccccc4o3)cc2)C1=O)S(=O)(=O)c1c(C)c(C)cc(C)c1C)OC. The van der Waals surface area contributed by atoms with Crippen molar-refractivity contribution in [1.29, 1.82) is 0 Å². The topological polar surface area (TPSA) is 119 Å². The number of hydrogen-bond acceptors (Lipinski definition) is 8. The van der Waals surface area contributed by atoms with E-state index >= 15 is 0 Å². The smallest absolute Gasteiger partial charge is 0.252 e. The molecule has 3 aromatic carbocycles. The van der Waals surface area contributed by atoms with Crippen molar-refractivity contribution in [2.45, 2.75) is 51.3 Å². The van der Waals surface area contributed by atoms with E-state index in [9.17, 15) is 18.0 Å². The normalized spacial score (nSPS) is 16.0. The highest BCUT2D eigenvalue weighted by Gasteiger charge is 2.48. The molecule has 220 valence electrons. The van der Waals surface area contributed by atoms with Crippen LogP contribution in [0, 0.1) is 27.7 Å². The van der Waals surface area contributed by atoms with E-state index in [2.05, 4.69) is 4.98 Å². The number of methoxy groups -OCH3 is 2. The molecular formula is C31H33N3O7S. The van der Waals surface area contributed by atoms with Crippen LogP contribution in [-0.2, 0) is 29.1 Å². The summed E-state index contributed by atoms with van der Waals surface area (Å²) in [6.45, 7) is 6.88. The lowest BCUT2D eigenvalue weighted by Gasteiger charge is -2.31. The van der Waals surface area contributed by atoms with Gasteiger partial charge in [-0.3, -0.25) is 9.59 Å². The quantitative estimate of drug-likeness (QED) is 0.204. The minimum Gasteiger partial charge on any atom is -0.436 e. The van der Waals surface area contributed by atoms with E-state index in [4.69, 9.17) is 13.9 Å². The van der Waals surface area contributed by atoms with E-state index in [1.807, 2.05) is 44.2 Å². The molecule has 0 N–H and O–H groups in total. The van der Waals surface area contributed by atoms with Crippen LogP contribution < -0.4 is 4.90 Å². The number of imide groups is 1. The predicted octanol–water partition coefficient (Wildman–Crippen LogP) is 4.67. The van der Waals surface area contributed by atoms with Crippen LogP contribution in [0.5, 0.6) is 0 Å². The molecule has 11 heteroatoms. The van der Waals surface area contributed by atoms with Crippen LogP contribution in [0.4, 0.5) is 5.69 Å². The van der Waals surface area contributed by atoms with Crippen molar-refractivity contribution in [2.75, 3.05) is 25.7 Å². The average molecular weight is 592 g/mol. The Hall–Kier alpha value is -3.90. The van der Waals surface area contributed by atoms with Crippen LogP contribution in [0.25, 0.3) is 22.6 Å². The number of carbonyl (C=O) groups excluding carboxylic acids is 2. The Bertz CT molecular complexity index is 1720. The summed E-state index contributed by atoms with van der Waals surface area (Å²) in [5.74, 6) is -0.759. The first kappa shape index (κ1) is 29.6. The zero-order chi connectivity index (χ0) is 30.3. The Morgan fingerprint density at radius 3 is 2.19 bits per heavy atom. The minimum absolute atomic E-state index is 0.118. The van der Waals surface area contributed by atoms with Crippen LogP contribution in [0.1, 0.15) is 28.7 Å². The zero-order valence-corrected chi connectivity index (χ0v) is 25.2. The van der Waals surface area contributed by atoms with Gasteiger partial charge in [-0.1, -0.05) is 18.2 Å². The van der Waals surface area contributed by atoms with Gasteiger partial charge >= 0.3 is 0 Å². The van der Waals surface area contributed by atoms with E-state index in [0.29, 0.717) is 39.4 Å². The summed E-state index contributed by atoms with van der Waals surface area (Å²) in [4.78, 5) is 32.8. The molecule has 0 aliphatic carbocycles. The summed E-state index contributed by atoms with van der Waals surface area (Å²) in [5, 5.41) is 0. The summed E-state index contributed by atoms with van der Waals surface area (Å²) in [7, 11) is -1.50. The van der Waals surface area contributed by atoms with Gasteiger partial charge < -0.3 is 13.9 Å². The Labute approximate surface area is 244 Å². The third-order valence-electron chi connectivity index (χ3n) is 7.86. The van der Waals surface area contributed by atoms with Crippen LogP contribution in [0.3, 0.4) is 0 Å². The lowest BCUT2D eigenvalue weighted by Crippen LogP contribution is -2.49. The number of aromatic nitrogens is 1. The molecule has 2 amide bonds. The fraction of sp³-hybridized carbons (Fsp3) is 0.323. The largest absolute Gasteiger partial charge is 0.436 e. The van der Waals surface area contributed by atoms with Crippen molar-refractivity contribution in [1.82, 2.24) is 9.29 Å². The van der Waals surface area contributed by atoms with E-state index in [0.717, 1.165) is 20.3 Å². The molecule has 1 atom stereocenters. The second-order valence-corrected chi connectivity index (χ2v) is 12.2. The number of benzene rings is 3. The first-order valence-electron chi connectivity index (χ1n) is 13.5. The maximum absolute atomic E-state index is 14.3. The number of aryl methyl sites for hydroxylation is 2. The van der Waals surface area contributed by atoms with Gasteiger partial charge in [0.1, 0.15) is 11.6 Å². The van der Waals surface area contributed by atoms with Crippen LogP contribution in [-0.4, -0.2) is 62.6 Å². The van der Waals surface area contributed by atoms with Gasteiger partial charge in [0, 0.05) is 19.8 Å². The van der Waals surface area contributed by atoms with Crippen molar-refractivity contribution in [2.24, 2.45) is 0 Å². The van der Waals surface area contributed by atoms with Gasteiger partial charge in [0.25, 0.3) is 5.91 Å². The number of hydrogen-bond donors (Lipinski definition) is 0. The molecule has 4 aromatic rings. The highest BCUT2D eigenvalue weighted by molar-refractivity contribution is 7.89. The first-order chi connectivity index (χ1) is 20.0. The molecule has 42 heavy (non-hydrogen) atoms. The number of sulfonamides is 1. The minimum atomic E-state index is -4.27. The number of anilines is 1. The van der Waals surface area contributed by atoms with Gasteiger partial charge in [0.2, 0.25) is 21.8 Å². The maximum atomic E-state index is 14.3. The van der Waals surface area contributed by atoms with Gasteiger partial charge in [-0.15, -0.1) is 0 Å². The van der Waals surface area contributed by atoms with Gasteiger partial charge in [-0.2, -0.15) is 4.31 Å². The van der Waals surface area contributed by atoms with Crippen molar-refractivity contribution in [3.8, 4) is 11.5 Å².